The summed E-state index contributed by atoms with van der Waals surface area (Å²) in [7, 11) is 0. The van der Waals surface area contributed by atoms with Crippen LogP contribution in [0.2, 0.25) is 0 Å². The lowest BCUT2D eigenvalue weighted by Gasteiger charge is -2.22. The zero-order chi connectivity index (χ0) is 25.7. The average Bonchev–Trinajstić information content (AvgIpc) is 3.30. The number of hydrogen-bond donors (Lipinski definition) is 0. The number of nitrogens with zero attached hydrogens (tertiary/aromatic N) is 4. The summed E-state index contributed by atoms with van der Waals surface area (Å²) in [5.41, 5.74) is 3.44. The van der Waals surface area contributed by atoms with Gasteiger partial charge in [-0.1, -0.05) is 147 Å². The van der Waals surface area contributed by atoms with Crippen molar-refractivity contribution in [1.29, 1.82) is 0 Å². The van der Waals surface area contributed by atoms with Gasteiger partial charge in [0.15, 0.2) is 0 Å². The van der Waals surface area contributed by atoms with Crippen LogP contribution in [0.5, 0.6) is 0 Å². The smallest absolute Gasteiger partial charge is 0.116 e. The molecule has 0 fully saturated rings. The Balaban J connectivity index is 1.69. The summed E-state index contributed by atoms with van der Waals surface area (Å²) in [4.78, 5) is 2.63. The van der Waals surface area contributed by atoms with Crippen LogP contribution in [-0.4, -0.2) is 33.0 Å². The summed E-state index contributed by atoms with van der Waals surface area (Å²) in [6.45, 7) is 9.96. The van der Waals surface area contributed by atoms with Gasteiger partial charge in [0.25, 0.3) is 0 Å². The van der Waals surface area contributed by atoms with Crippen LogP contribution in [0.25, 0.3) is 11.0 Å². The zero-order valence-electron chi connectivity index (χ0n) is 24.3. The topological polar surface area (TPSA) is 34.0 Å². The second-order valence-electron chi connectivity index (χ2n) is 11.2. The number of unbranched alkanes of at least 4 members (excludes halogenated alkanes) is 18. The fourth-order valence-electron chi connectivity index (χ4n) is 5.32. The Kier molecular flexibility index (Phi) is 17.6. The minimum absolute atomic E-state index is 0.870. The van der Waals surface area contributed by atoms with Crippen LogP contribution >= 0.6 is 0 Å². The van der Waals surface area contributed by atoms with Gasteiger partial charge in [0, 0.05) is 0 Å². The molecule has 0 saturated carbocycles. The lowest BCUT2D eigenvalue weighted by Crippen LogP contribution is -2.29. The van der Waals surface area contributed by atoms with Gasteiger partial charge in [-0.3, -0.25) is 4.90 Å². The van der Waals surface area contributed by atoms with Crippen LogP contribution in [0.3, 0.4) is 0 Å². The molecule has 1 heterocycles. The van der Waals surface area contributed by atoms with E-state index in [9.17, 15) is 0 Å². The molecule has 0 N–H and O–H groups in total. The molecule has 0 bridgehead atoms. The largest absolute Gasteiger partial charge is 0.284 e. The lowest BCUT2D eigenvalue weighted by molar-refractivity contribution is 0.199. The third-order valence-corrected chi connectivity index (χ3v) is 7.74. The molecule has 0 radical (unpaired) electrons. The van der Waals surface area contributed by atoms with Crippen LogP contribution in [0.4, 0.5) is 0 Å². The van der Waals surface area contributed by atoms with E-state index < -0.39 is 0 Å². The molecule has 0 unspecified atom stereocenters. The zero-order valence-corrected chi connectivity index (χ0v) is 24.3. The van der Waals surface area contributed by atoms with Gasteiger partial charge in [0.2, 0.25) is 0 Å². The van der Waals surface area contributed by atoms with Crippen LogP contribution in [0.1, 0.15) is 148 Å². The first-order valence-corrected chi connectivity index (χ1v) is 15.8. The summed E-state index contributed by atoms with van der Waals surface area (Å²) in [5.74, 6) is 0. The molecule has 1 aromatic carbocycles. The molecule has 0 spiro atoms. The molecule has 0 aliphatic rings. The SMILES string of the molecule is CCCCCCCCCCCCN(CCCCCCCCCCCC)Cn1nnc2c(C)cccc21. The van der Waals surface area contributed by atoms with Crippen molar-refractivity contribution in [3.63, 3.8) is 0 Å². The fraction of sp³-hybridized carbons (Fsp3) is 0.812. The first-order chi connectivity index (χ1) is 17.8. The van der Waals surface area contributed by atoms with Crippen molar-refractivity contribution in [1.82, 2.24) is 19.9 Å². The summed E-state index contributed by atoms with van der Waals surface area (Å²) in [6.07, 6.45) is 27.9. The van der Waals surface area contributed by atoms with Crippen LogP contribution in [0.15, 0.2) is 18.2 Å². The third-order valence-electron chi connectivity index (χ3n) is 7.74. The highest BCUT2D eigenvalue weighted by Gasteiger charge is 2.11. The number of rotatable bonds is 24. The first kappa shape index (κ1) is 30.8. The molecule has 2 aromatic rings. The van der Waals surface area contributed by atoms with Crippen molar-refractivity contribution < 1.29 is 0 Å². The van der Waals surface area contributed by atoms with Crippen molar-refractivity contribution in [2.45, 2.75) is 156 Å². The Labute approximate surface area is 223 Å². The Morgan fingerprint density at radius 1 is 0.611 bits per heavy atom. The van der Waals surface area contributed by atoms with E-state index in [1.165, 1.54) is 153 Å². The van der Waals surface area contributed by atoms with Gasteiger partial charge in [0.05, 0.1) is 12.2 Å². The highest BCUT2D eigenvalue weighted by molar-refractivity contribution is 5.77. The van der Waals surface area contributed by atoms with E-state index in [0.29, 0.717) is 0 Å². The summed E-state index contributed by atoms with van der Waals surface area (Å²) in [6, 6.07) is 6.43. The molecule has 4 nitrogen and oxygen atoms in total. The van der Waals surface area contributed by atoms with E-state index in [4.69, 9.17) is 0 Å². The minimum atomic E-state index is 0.870. The first-order valence-electron chi connectivity index (χ1n) is 15.8. The van der Waals surface area contributed by atoms with Crippen LogP contribution in [0, 0.1) is 6.92 Å². The number of benzene rings is 1. The molecule has 0 atom stereocenters. The van der Waals surface area contributed by atoms with Crippen LogP contribution in [-0.2, 0) is 6.67 Å². The second kappa shape index (κ2) is 20.6. The molecular weight excluding hydrogens is 440 g/mol. The highest BCUT2D eigenvalue weighted by atomic mass is 15.5. The fourth-order valence-corrected chi connectivity index (χ4v) is 5.32. The number of aryl methyl sites for hydroxylation is 1. The van der Waals surface area contributed by atoms with Gasteiger partial charge in [-0.25, -0.2) is 4.68 Å². The Hall–Kier alpha value is -1.42. The van der Waals surface area contributed by atoms with Crippen molar-refractivity contribution in [2.75, 3.05) is 13.1 Å². The number of hydrogen-bond acceptors (Lipinski definition) is 3. The van der Waals surface area contributed by atoms with E-state index >= 15 is 0 Å². The van der Waals surface area contributed by atoms with E-state index in [2.05, 4.69) is 58.9 Å². The molecular formula is C32H58N4. The van der Waals surface area contributed by atoms with Crippen molar-refractivity contribution in [2.24, 2.45) is 0 Å². The maximum absolute atomic E-state index is 4.52. The Morgan fingerprint density at radius 3 is 1.53 bits per heavy atom. The predicted octanol–water partition coefficient (Wildman–Crippen LogP) is 9.84. The van der Waals surface area contributed by atoms with E-state index in [1.54, 1.807) is 0 Å². The lowest BCUT2D eigenvalue weighted by atomic mass is 10.1. The van der Waals surface area contributed by atoms with E-state index in [0.717, 1.165) is 12.2 Å². The highest BCUT2D eigenvalue weighted by Crippen LogP contribution is 2.17. The van der Waals surface area contributed by atoms with Crippen LogP contribution < -0.4 is 0 Å². The molecule has 206 valence electrons. The summed E-state index contributed by atoms with van der Waals surface area (Å²) >= 11 is 0. The molecule has 1 aromatic heterocycles. The monoisotopic (exact) mass is 498 g/mol. The van der Waals surface area contributed by atoms with Crippen molar-refractivity contribution in [3.8, 4) is 0 Å². The number of fused-ring (bicyclic) bond motifs is 1. The Bertz CT molecular complexity index is 745. The predicted molar refractivity (Wildman–Crippen MR) is 158 cm³/mol. The third kappa shape index (κ3) is 13.2. The molecule has 2 rings (SSSR count). The molecule has 0 aliphatic carbocycles. The normalized spacial score (nSPS) is 11.8. The standard InChI is InChI=1S/C32H58N4/c1-4-6-8-10-12-14-16-18-20-22-27-35(28-23-21-19-17-15-13-11-9-7-5-2)29-36-31-26-24-25-30(3)32(31)33-34-36/h24-26H,4-23,27-29H2,1-3H3. The summed E-state index contributed by atoms with van der Waals surface area (Å²) in [5, 5.41) is 8.99. The van der Waals surface area contributed by atoms with Gasteiger partial charge >= 0.3 is 0 Å². The minimum Gasteiger partial charge on any atom is -0.284 e. The van der Waals surface area contributed by atoms with Crippen molar-refractivity contribution >= 4 is 11.0 Å². The van der Waals surface area contributed by atoms with E-state index in [1.807, 2.05) is 0 Å². The molecule has 4 heteroatoms. The maximum Gasteiger partial charge on any atom is 0.116 e. The Morgan fingerprint density at radius 2 is 1.06 bits per heavy atom. The molecule has 0 saturated heterocycles. The van der Waals surface area contributed by atoms with E-state index in [-0.39, 0.29) is 0 Å². The molecule has 36 heavy (non-hydrogen) atoms. The summed E-state index contributed by atoms with van der Waals surface area (Å²) < 4.78 is 2.12. The van der Waals surface area contributed by atoms with Gasteiger partial charge in [0.1, 0.15) is 5.52 Å². The molecule has 0 amide bonds. The number of aromatic nitrogens is 3. The maximum atomic E-state index is 4.52. The van der Waals surface area contributed by atoms with Gasteiger partial charge in [-0.2, -0.15) is 0 Å². The van der Waals surface area contributed by atoms with Gasteiger partial charge < -0.3 is 0 Å². The average molecular weight is 499 g/mol. The quantitative estimate of drug-likeness (QED) is 0.135. The van der Waals surface area contributed by atoms with Gasteiger partial charge in [-0.15, -0.1) is 5.10 Å². The van der Waals surface area contributed by atoms with Crippen molar-refractivity contribution in [3.05, 3.63) is 23.8 Å². The molecule has 0 aliphatic heterocycles. The van der Waals surface area contributed by atoms with Gasteiger partial charge in [-0.05, 0) is 44.5 Å². The second-order valence-corrected chi connectivity index (χ2v) is 11.2.